The second kappa shape index (κ2) is 6.38. The summed E-state index contributed by atoms with van der Waals surface area (Å²) in [5.74, 6) is -0.161. The van der Waals surface area contributed by atoms with E-state index in [1.165, 1.54) is 32.1 Å². The lowest BCUT2D eigenvalue weighted by molar-refractivity contribution is -0.131. The molecule has 0 spiro atoms. The molecule has 0 aromatic heterocycles. The van der Waals surface area contributed by atoms with E-state index in [1.807, 2.05) is 0 Å². The van der Waals surface area contributed by atoms with Crippen LogP contribution in [0.2, 0.25) is 17.6 Å². The molecule has 3 heteroatoms. The van der Waals surface area contributed by atoms with E-state index in [0.29, 0.717) is 11.1 Å². The summed E-state index contributed by atoms with van der Waals surface area (Å²) in [6.07, 6.45) is 6.49. The summed E-state index contributed by atoms with van der Waals surface area (Å²) in [5.41, 5.74) is 1.22. The number of carbonyl (C=O) groups is 1. The van der Waals surface area contributed by atoms with Gasteiger partial charge in [-0.1, -0.05) is 39.7 Å². The molecule has 0 atom stereocenters. The normalized spacial score (nSPS) is 17.8. The number of hydrogen-bond donors (Lipinski definition) is 0. The molecule has 1 saturated carbocycles. The van der Waals surface area contributed by atoms with Crippen molar-refractivity contribution in [2.24, 2.45) is 0 Å². The summed E-state index contributed by atoms with van der Waals surface area (Å²) >= 11 is 0. The van der Waals surface area contributed by atoms with Crippen molar-refractivity contribution in [1.29, 1.82) is 0 Å². The molecular weight excluding hydrogens is 228 g/mol. The molecule has 0 aromatic carbocycles. The summed E-state index contributed by atoms with van der Waals surface area (Å²) in [6.45, 7) is 9.83. The monoisotopic (exact) mass is 254 g/mol. The minimum absolute atomic E-state index is 0.161. The van der Waals surface area contributed by atoms with Gasteiger partial charge in [-0.05, 0) is 37.4 Å². The molecule has 0 saturated heterocycles. The Morgan fingerprint density at radius 3 is 2.18 bits per heavy atom. The Bertz CT molecular complexity index is 276. The third-order valence-corrected chi connectivity index (χ3v) is 9.24. The maximum absolute atomic E-state index is 11.8. The third-order valence-electron chi connectivity index (χ3n) is 4.19. The number of carbonyl (C=O) groups excluding carboxylic acids is 1. The Labute approximate surface area is 107 Å². The zero-order valence-corrected chi connectivity index (χ0v) is 12.6. The average molecular weight is 254 g/mol. The highest BCUT2D eigenvalue weighted by atomic mass is 28.4. The third kappa shape index (κ3) is 3.44. The van der Waals surface area contributed by atoms with Gasteiger partial charge >= 0.3 is 5.97 Å². The number of hydrogen-bond acceptors (Lipinski definition) is 2. The lowest BCUT2D eigenvalue weighted by Gasteiger charge is -2.38. The fourth-order valence-electron chi connectivity index (χ4n) is 2.96. The topological polar surface area (TPSA) is 26.3 Å². The Morgan fingerprint density at radius 1 is 1.24 bits per heavy atom. The minimum Gasteiger partial charge on any atom is -0.516 e. The molecule has 0 heterocycles. The highest BCUT2D eigenvalue weighted by molar-refractivity contribution is 6.76. The van der Waals surface area contributed by atoms with Crippen molar-refractivity contribution in [3.63, 3.8) is 0 Å². The molecule has 1 rings (SSSR count). The van der Waals surface area contributed by atoms with Gasteiger partial charge in [-0.15, -0.1) is 0 Å². The van der Waals surface area contributed by atoms with Crippen molar-refractivity contribution < 1.29 is 9.22 Å². The first-order valence-corrected chi connectivity index (χ1v) is 9.34. The summed E-state index contributed by atoms with van der Waals surface area (Å²) in [5, 5.41) is 0. The van der Waals surface area contributed by atoms with Gasteiger partial charge in [0.1, 0.15) is 0 Å². The highest BCUT2D eigenvalue weighted by Gasteiger charge is 2.43. The van der Waals surface area contributed by atoms with Crippen LogP contribution in [0.15, 0.2) is 12.2 Å². The van der Waals surface area contributed by atoms with Crippen molar-refractivity contribution in [3.05, 3.63) is 12.2 Å². The Hall–Kier alpha value is -0.573. The molecule has 0 N–H and O–H groups in total. The molecule has 0 aliphatic heterocycles. The molecule has 2 nitrogen and oxygen atoms in total. The van der Waals surface area contributed by atoms with E-state index in [4.69, 9.17) is 4.43 Å². The maximum atomic E-state index is 11.8. The smallest absolute Gasteiger partial charge is 0.319 e. The van der Waals surface area contributed by atoms with E-state index < -0.39 is 8.32 Å². The first kappa shape index (κ1) is 14.5. The van der Waals surface area contributed by atoms with Crippen LogP contribution in [0.4, 0.5) is 0 Å². The van der Waals surface area contributed by atoms with Crippen LogP contribution in [0.3, 0.4) is 0 Å². The van der Waals surface area contributed by atoms with E-state index in [0.717, 1.165) is 12.1 Å². The minimum atomic E-state index is -1.88. The van der Waals surface area contributed by atoms with Gasteiger partial charge in [-0.25, -0.2) is 4.79 Å². The van der Waals surface area contributed by atoms with Gasteiger partial charge in [0.25, 0.3) is 8.32 Å². The fourth-order valence-corrected chi connectivity index (χ4v) is 7.07. The summed E-state index contributed by atoms with van der Waals surface area (Å²) in [6, 6.07) is 2.10. The van der Waals surface area contributed by atoms with Crippen molar-refractivity contribution in [1.82, 2.24) is 0 Å². The Kier molecular flexibility index (Phi) is 5.44. The predicted molar refractivity (Wildman–Crippen MR) is 74.5 cm³/mol. The predicted octanol–water partition coefficient (Wildman–Crippen LogP) is 4.43. The first-order valence-electron chi connectivity index (χ1n) is 6.94. The molecule has 98 valence electrons. The maximum Gasteiger partial charge on any atom is 0.319 e. The quantitative estimate of drug-likeness (QED) is 0.536. The molecule has 0 aromatic rings. The second-order valence-electron chi connectivity index (χ2n) is 5.28. The van der Waals surface area contributed by atoms with Crippen LogP contribution in [0, 0.1) is 0 Å². The summed E-state index contributed by atoms with van der Waals surface area (Å²) < 4.78 is 5.94. The van der Waals surface area contributed by atoms with Crippen LogP contribution < -0.4 is 0 Å². The molecule has 0 radical (unpaired) electrons. The SMILES string of the molecule is C=C(C)C(=O)O[Si](CC)(CC)C1CCCCC1. The van der Waals surface area contributed by atoms with Crippen molar-refractivity contribution in [3.8, 4) is 0 Å². The molecular formula is C14H26O2Si. The van der Waals surface area contributed by atoms with E-state index in [2.05, 4.69) is 20.4 Å². The van der Waals surface area contributed by atoms with Gasteiger partial charge < -0.3 is 4.43 Å². The zero-order chi connectivity index (χ0) is 12.9. The van der Waals surface area contributed by atoms with Crippen molar-refractivity contribution >= 4 is 14.3 Å². The Morgan fingerprint density at radius 2 is 1.76 bits per heavy atom. The molecule has 0 unspecified atom stereocenters. The van der Waals surface area contributed by atoms with Crippen LogP contribution in [-0.4, -0.2) is 14.3 Å². The van der Waals surface area contributed by atoms with Crippen molar-refractivity contribution in [2.45, 2.75) is 70.5 Å². The zero-order valence-electron chi connectivity index (χ0n) is 11.6. The van der Waals surface area contributed by atoms with Gasteiger partial charge in [-0.2, -0.15) is 0 Å². The largest absolute Gasteiger partial charge is 0.516 e. The highest BCUT2D eigenvalue weighted by Crippen LogP contribution is 2.41. The van der Waals surface area contributed by atoms with E-state index in [9.17, 15) is 4.79 Å². The van der Waals surface area contributed by atoms with E-state index in [-0.39, 0.29) is 5.97 Å². The molecule has 0 amide bonds. The van der Waals surface area contributed by atoms with Gasteiger partial charge in [0.15, 0.2) is 0 Å². The second-order valence-corrected chi connectivity index (χ2v) is 9.84. The standard InChI is InChI=1S/C14H26O2Si/c1-5-17(6-2,16-14(15)12(3)4)13-10-8-7-9-11-13/h13H,3,5-11H2,1-2,4H3. The number of rotatable bonds is 5. The molecule has 17 heavy (non-hydrogen) atoms. The van der Waals surface area contributed by atoms with Crippen molar-refractivity contribution in [2.75, 3.05) is 0 Å². The van der Waals surface area contributed by atoms with Crippen LogP contribution in [0.25, 0.3) is 0 Å². The molecule has 1 fully saturated rings. The lowest BCUT2D eigenvalue weighted by Crippen LogP contribution is -2.44. The van der Waals surface area contributed by atoms with Gasteiger partial charge in [-0.3, -0.25) is 0 Å². The molecule has 1 aliphatic rings. The van der Waals surface area contributed by atoms with E-state index in [1.54, 1.807) is 6.92 Å². The van der Waals surface area contributed by atoms with Gasteiger partial charge in [0.2, 0.25) is 0 Å². The average Bonchev–Trinajstić information content (AvgIpc) is 2.36. The first-order chi connectivity index (χ1) is 8.05. The summed E-state index contributed by atoms with van der Waals surface area (Å²) in [4.78, 5) is 11.8. The van der Waals surface area contributed by atoms with Crippen LogP contribution in [0.5, 0.6) is 0 Å². The lowest BCUT2D eigenvalue weighted by atomic mass is 10.0. The van der Waals surface area contributed by atoms with Crippen LogP contribution in [-0.2, 0) is 9.22 Å². The van der Waals surface area contributed by atoms with Crippen LogP contribution >= 0.6 is 0 Å². The van der Waals surface area contributed by atoms with Gasteiger partial charge in [0.05, 0.1) is 0 Å². The van der Waals surface area contributed by atoms with Gasteiger partial charge in [0, 0.05) is 5.57 Å². The summed E-state index contributed by atoms with van der Waals surface area (Å²) in [7, 11) is -1.88. The molecule has 0 bridgehead atoms. The fraction of sp³-hybridized carbons (Fsp3) is 0.786. The van der Waals surface area contributed by atoms with Crippen LogP contribution in [0.1, 0.15) is 52.9 Å². The molecule has 1 aliphatic carbocycles. The Balaban J connectivity index is 2.79. The van der Waals surface area contributed by atoms with E-state index >= 15 is 0 Å².